The minimum absolute atomic E-state index is 0.0131. The normalized spacial score (nSPS) is 30.3. The van der Waals surface area contributed by atoms with Crippen LogP contribution in [0.1, 0.15) is 82.7 Å². The fourth-order valence-corrected chi connectivity index (χ4v) is 11.0. The first-order valence-corrected chi connectivity index (χ1v) is 22.0. The fourth-order valence-electron chi connectivity index (χ4n) is 9.64. The van der Waals surface area contributed by atoms with Gasteiger partial charge in [-0.3, -0.25) is 23.9 Å². The molecule has 0 spiro atoms. The fraction of sp³-hybridized carbons (Fsp3) is 0.643. The molecule has 8 rings (SSSR count). The van der Waals surface area contributed by atoms with Crippen LogP contribution < -0.4 is 14.2 Å². The van der Waals surface area contributed by atoms with Gasteiger partial charge >= 0.3 is 0 Å². The summed E-state index contributed by atoms with van der Waals surface area (Å²) in [5.74, 6) is -0.793. The molecule has 3 aliphatic carbocycles. The average molecular weight is 791 g/mol. The first kappa shape index (κ1) is 38.8. The van der Waals surface area contributed by atoms with Gasteiger partial charge in [-0.25, -0.2) is 13.4 Å². The number of carbonyl (C=O) groups is 4. The Hall–Kier alpha value is -4.04. The lowest BCUT2D eigenvalue weighted by atomic mass is 9.85. The highest BCUT2D eigenvalue weighted by molar-refractivity contribution is 7.90. The molecular formula is C42H54N4O9S. The Balaban J connectivity index is 1.13. The van der Waals surface area contributed by atoms with Crippen LogP contribution >= 0.6 is 0 Å². The van der Waals surface area contributed by atoms with Crippen molar-refractivity contribution in [1.82, 2.24) is 19.5 Å². The van der Waals surface area contributed by atoms with Gasteiger partial charge < -0.3 is 24.0 Å². The van der Waals surface area contributed by atoms with E-state index in [2.05, 4.69) is 11.3 Å². The van der Waals surface area contributed by atoms with Gasteiger partial charge in [-0.15, -0.1) is 6.58 Å². The minimum atomic E-state index is -3.84. The lowest BCUT2D eigenvalue weighted by Crippen LogP contribution is -2.48. The number of hydrogen-bond donors (Lipinski definition) is 1. The number of nitrogens with one attached hydrogen (secondary N) is 1. The van der Waals surface area contributed by atoms with Gasteiger partial charge in [-0.05, 0) is 87.5 Å². The van der Waals surface area contributed by atoms with E-state index in [1.54, 1.807) is 18.1 Å². The number of Topliss-reactive ketones (excluding diaryl/α,β-unsaturated/α-hetero) is 1. The summed E-state index contributed by atoms with van der Waals surface area (Å²) in [4.78, 5) is 65.7. The number of benzene rings is 1. The number of aromatic nitrogens is 1. The molecule has 3 aliphatic heterocycles. The number of fused-ring (bicyclic) bond motifs is 6. The summed E-state index contributed by atoms with van der Waals surface area (Å²) in [5.41, 5.74) is 0.279. The predicted octanol–water partition coefficient (Wildman–Crippen LogP) is 4.36. The van der Waals surface area contributed by atoms with Gasteiger partial charge in [0.05, 0.1) is 48.2 Å². The maximum atomic E-state index is 15.0. The molecule has 6 aliphatic rings. The van der Waals surface area contributed by atoms with Crippen molar-refractivity contribution in [2.75, 3.05) is 40.0 Å². The van der Waals surface area contributed by atoms with Crippen LogP contribution in [0.3, 0.4) is 0 Å². The molecule has 1 aromatic heterocycles. The predicted molar refractivity (Wildman–Crippen MR) is 207 cm³/mol. The summed E-state index contributed by atoms with van der Waals surface area (Å²) < 4.78 is 46.3. The van der Waals surface area contributed by atoms with Gasteiger partial charge in [0.2, 0.25) is 27.7 Å². The van der Waals surface area contributed by atoms with Crippen LogP contribution in [0.4, 0.5) is 0 Å². The monoisotopic (exact) mass is 790 g/mol. The lowest BCUT2D eigenvalue weighted by Gasteiger charge is -2.32. The average Bonchev–Trinajstić information content (AvgIpc) is 3.95. The van der Waals surface area contributed by atoms with Crippen molar-refractivity contribution in [3.8, 4) is 11.5 Å². The molecule has 0 radical (unpaired) electrons. The van der Waals surface area contributed by atoms with Crippen molar-refractivity contribution in [3.63, 3.8) is 0 Å². The maximum absolute atomic E-state index is 15.0. The van der Waals surface area contributed by atoms with E-state index in [4.69, 9.17) is 19.2 Å². The molecule has 1 aromatic carbocycles. The largest absolute Gasteiger partial charge is 0.497 e. The molecule has 6 atom stereocenters. The topological polar surface area (TPSA) is 162 Å². The van der Waals surface area contributed by atoms with Crippen LogP contribution in [0.25, 0.3) is 10.9 Å². The zero-order valence-electron chi connectivity index (χ0n) is 32.3. The highest BCUT2D eigenvalue weighted by atomic mass is 32.2. The van der Waals surface area contributed by atoms with Crippen molar-refractivity contribution in [2.24, 2.45) is 29.1 Å². The second-order valence-electron chi connectivity index (χ2n) is 17.0. The Kier molecular flexibility index (Phi) is 10.9. The number of methoxy groups -OCH3 is 1. The number of ketones is 1. The highest BCUT2D eigenvalue weighted by Gasteiger charge is 2.61. The number of rotatable bonds is 9. The van der Waals surface area contributed by atoms with E-state index in [0.29, 0.717) is 69.9 Å². The number of hydrogen-bond acceptors (Lipinski definition) is 10. The first-order valence-electron chi connectivity index (χ1n) is 20.5. The smallest absolute Gasteiger partial charge is 0.240 e. The van der Waals surface area contributed by atoms with Crippen molar-refractivity contribution < 1.29 is 41.8 Å². The molecular weight excluding hydrogens is 737 g/mol. The molecule has 5 fully saturated rings. The second-order valence-corrected chi connectivity index (χ2v) is 19.0. The molecule has 56 heavy (non-hydrogen) atoms. The molecule has 2 saturated heterocycles. The number of amides is 3. The first-order chi connectivity index (χ1) is 27.0. The standard InChI is InChI=1S/C42H54N4O9S/c1-3-29-21-42(29,41(50)44-56(51,52)32-11-12-32)22-37(47)36-19-31-24-46(36)40(49)33(27-7-4-5-8-27)20-39(48)45-15-14-26(23-45)25-54-16-6-9-35-38(55-31)18-28-17-30(53-2)10-13-34(28)43-35/h3,10,13,17-18,26-27,29,31-33,36H,1,4-9,11-12,14-16,19-25H2,2H3,(H,44,50)/t26-,29+,31+,33-,36-,42+/m0/s1. The molecule has 2 aromatic rings. The quantitative estimate of drug-likeness (QED) is 0.362. The maximum Gasteiger partial charge on any atom is 0.240 e. The van der Waals surface area contributed by atoms with E-state index in [1.165, 1.54) is 0 Å². The zero-order valence-corrected chi connectivity index (χ0v) is 33.1. The van der Waals surface area contributed by atoms with Crippen LogP contribution in [0.15, 0.2) is 36.9 Å². The van der Waals surface area contributed by atoms with Gasteiger partial charge in [0.1, 0.15) is 17.6 Å². The van der Waals surface area contributed by atoms with Gasteiger partial charge in [0.15, 0.2) is 5.78 Å². The summed E-state index contributed by atoms with van der Waals surface area (Å²) in [6, 6.07) is 6.68. The summed E-state index contributed by atoms with van der Waals surface area (Å²) in [5, 5.41) is 0.230. The van der Waals surface area contributed by atoms with E-state index in [-0.39, 0.29) is 61.2 Å². The van der Waals surface area contributed by atoms with E-state index < -0.39 is 44.7 Å². The Bertz CT molecular complexity index is 2000. The molecule has 14 heteroatoms. The number of aryl methyl sites for hydroxylation is 1. The van der Waals surface area contributed by atoms with Crippen LogP contribution in [-0.2, 0) is 40.4 Å². The molecule has 4 heterocycles. The summed E-state index contributed by atoms with van der Waals surface area (Å²) in [6.45, 7) is 6.29. The summed E-state index contributed by atoms with van der Waals surface area (Å²) >= 11 is 0. The third-order valence-corrected chi connectivity index (χ3v) is 15.0. The van der Waals surface area contributed by atoms with Gasteiger partial charge in [0.25, 0.3) is 0 Å². The number of allylic oxidation sites excluding steroid dienone is 1. The Morgan fingerprint density at radius 3 is 2.62 bits per heavy atom. The van der Waals surface area contributed by atoms with Crippen molar-refractivity contribution in [1.29, 1.82) is 0 Å². The van der Waals surface area contributed by atoms with Gasteiger partial charge in [-0.2, -0.15) is 0 Å². The van der Waals surface area contributed by atoms with E-state index >= 15 is 0 Å². The lowest BCUT2D eigenvalue weighted by molar-refractivity contribution is -0.146. The number of carbonyl (C=O) groups excluding carboxylic acids is 4. The SMILES string of the molecule is C=C[C@@H]1C[C@]1(CC(=O)[C@@H]1C[C@@H]2CN1C(=O)[C@H](C1CCCC1)CC(=O)N1CC[C@H](COCCCc3nc4ccc(OC)cc4cc3O2)C1)C(=O)NS(=O)(=O)C1CC1. The molecule has 0 unspecified atom stereocenters. The summed E-state index contributed by atoms with van der Waals surface area (Å²) in [7, 11) is -2.23. The number of pyridine rings is 1. The van der Waals surface area contributed by atoms with Crippen LogP contribution in [0.2, 0.25) is 0 Å². The molecule has 13 nitrogen and oxygen atoms in total. The number of nitrogens with zero attached hydrogens (tertiary/aromatic N) is 3. The second kappa shape index (κ2) is 15.7. The zero-order chi connectivity index (χ0) is 39.2. The highest BCUT2D eigenvalue weighted by Crippen LogP contribution is 2.57. The minimum Gasteiger partial charge on any atom is -0.497 e. The van der Waals surface area contributed by atoms with Crippen molar-refractivity contribution in [3.05, 3.63) is 42.6 Å². The Morgan fingerprint density at radius 2 is 1.89 bits per heavy atom. The third-order valence-electron chi connectivity index (χ3n) is 13.2. The van der Waals surface area contributed by atoms with E-state index in [0.717, 1.165) is 48.7 Å². The molecule has 4 bridgehead atoms. The van der Waals surface area contributed by atoms with E-state index in [1.807, 2.05) is 29.2 Å². The van der Waals surface area contributed by atoms with Crippen molar-refractivity contribution in [2.45, 2.75) is 101 Å². The third kappa shape index (κ3) is 7.92. The Labute approximate surface area is 328 Å². The number of sulfonamides is 1. The van der Waals surface area contributed by atoms with Gasteiger partial charge in [-0.1, -0.05) is 18.9 Å². The Morgan fingerprint density at radius 1 is 1.09 bits per heavy atom. The van der Waals surface area contributed by atoms with Crippen LogP contribution in [0.5, 0.6) is 11.5 Å². The van der Waals surface area contributed by atoms with Crippen LogP contribution in [-0.4, -0.2) is 104 Å². The summed E-state index contributed by atoms with van der Waals surface area (Å²) in [6.07, 6.45) is 8.09. The van der Waals surface area contributed by atoms with Crippen LogP contribution in [0, 0.1) is 29.1 Å². The van der Waals surface area contributed by atoms with Crippen molar-refractivity contribution >= 4 is 44.4 Å². The molecule has 3 saturated carbocycles. The molecule has 302 valence electrons. The molecule has 1 N–H and O–H groups in total. The van der Waals surface area contributed by atoms with Gasteiger partial charge in [0, 0.05) is 56.2 Å². The van der Waals surface area contributed by atoms with E-state index in [9.17, 15) is 27.6 Å². The molecule has 3 amide bonds. The number of ether oxygens (including phenoxy) is 3.